The van der Waals surface area contributed by atoms with E-state index in [1.807, 2.05) is 41.3 Å². The van der Waals surface area contributed by atoms with Crippen molar-refractivity contribution >= 4 is 11.8 Å². The number of nitrogens with zero attached hydrogens (tertiary/aromatic N) is 3. The van der Waals surface area contributed by atoms with Gasteiger partial charge in [-0.3, -0.25) is 14.4 Å². The zero-order chi connectivity index (χ0) is 21.5. The van der Waals surface area contributed by atoms with E-state index < -0.39 is 6.10 Å². The molecule has 2 saturated heterocycles. The topological polar surface area (TPSA) is 82.9 Å². The van der Waals surface area contributed by atoms with Crippen LogP contribution >= 0.6 is 0 Å². The average molecular weight is 421 g/mol. The summed E-state index contributed by atoms with van der Waals surface area (Å²) in [4.78, 5) is 42.3. The molecule has 1 aromatic heterocycles. The van der Waals surface area contributed by atoms with E-state index in [1.165, 1.54) is 0 Å². The fraction of sp³-hybridized carbons (Fsp3) is 0.458. The second kappa shape index (κ2) is 7.96. The quantitative estimate of drug-likeness (QED) is 0.809. The van der Waals surface area contributed by atoms with Crippen LogP contribution in [0, 0.1) is 5.92 Å². The van der Waals surface area contributed by atoms with Gasteiger partial charge in [-0.1, -0.05) is 30.3 Å². The zero-order valence-electron chi connectivity index (χ0n) is 17.4. The van der Waals surface area contributed by atoms with Crippen molar-refractivity contribution in [1.82, 2.24) is 14.4 Å². The van der Waals surface area contributed by atoms with Crippen LogP contribution in [0.4, 0.5) is 0 Å². The molecule has 3 atom stereocenters. The number of hydrogen-bond acceptors (Lipinski definition) is 4. The molecule has 0 unspecified atom stereocenters. The fourth-order valence-corrected chi connectivity index (χ4v) is 5.29. The van der Waals surface area contributed by atoms with Crippen LogP contribution in [-0.2, 0) is 17.8 Å². The van der Waals surface area contributed by atoms with Crippen LogP contribution < -0.4 is 5.56 Å². The molecular weight excluding hydrogens is 394 g/mol. The molecule has 2 bridgehead atoms. The van der Waals surface area contributed by atoms with E-state index in [0.717, 1.165) is 17.7 Å². The Bertz CT molecular complexity index is 1060. The highest BCUT2D eigenvalue weighted by molar-refractivity contribution is 5.94. The minimum atomic E-state index is -0.511. The SMILES string of the molecule is O=C(Cc1ccccc1)N1C[C@@H]2C[C@H](C1)c1ccc(C(=O)N3CC[C@@H](O)C3)c(=O)n1C2. The van der Waals surface area contributed by atoms with Crippen molar-refractivity contribution in [3.63, 3.8) is 0 Å². The van der Waals surface area contributed by atoms with E-state index >= 15 is 0 Å². The van der Waals surface area contributed by atoms with E-state index in [2.05, 4.69) is 0 Å². The Hall–Kier alpha value is -2.93. The molecule has 2 aromatic rings. The first-order valence-corrected chi connectivity index (χ1v) is 11.0. The Kier molecular flexibility index (Phi) is 5.14. The highest BCUT2D eigenvalue weighted by Crippen LogP contribution is 2.35. The first-order valence-electron chi connectivity index (χ1n) is 11.0. The minimum absolute atomic E-state index is 0.109. The maximum absolute atomic E-state index is 13.2. The number of aliphatic hydroxyl groups excluding tert-OH is 1. The molecule has 1 N–H and O–H groups in total. The van der Waals surface area contributed by atoms with Gasteiger partial charge < -0.3 is 19.5 Å². The van der Waals surface area contributed by atoms with Crippen LogP contribution in [-0.4, -0.2) is 63.6 Å². The lowest BCUT2D eigenvalue weighted by Gasteiger charge is -2.43. The maximum Gasteiger partial charge on any atom is 0.263 e. The third kappa shape index (κ3) is 3.78. The van der Waals surface area contributed by atoms with Crippen LogP contribution in [0.5, 0.6) is 0 Å². The lowest BCUT2D eigenvalue weighted by Crippen LogP contribution is -2.50. The van der Waals surface area contributed by atoms with E-state index in [4.69, 9.17) is 0 Å². The summed E-state index contributed by atoms with van der Waals surface area (Å²) in [7, 11) is 0. The van der Waals surface area contributed by atoms with Crippen LogP contribution in [0.3, 0.4) is 0 Å². The number of aromatic nitrogens is 1. The summed E-state index contributed by atoms with van der Waals surface area (Å²) in [6.07, 6.45) is 1.39. The zero-order valence-corrected chi connectivity index (χ0v) is 17.4. The summed E-state index contributed by atoms with van der Waals surface area (Å²) < 4.78 is 1.75. The van der Waals surface area contributed by atoms with Gasteiger partial charge in [0, 0.05) is 44.3 Å². The third-order valence-corrected chi connectivity index (χ3v) is 6.84. The van der Waals surface area contributed by atoms with Gasteiger partial charge in [0.25, 0.3) is 11.5 Å². The highest BCUT2D eigenvalue weighted by atomic mass is 16.3. The molecule has 7 heteroatoms. The number of aliphatic hydroxyl groups is 1. The predicted octanol–water partition coefficient (Wildman–Crippen LogP) is 1.24. The summed E-state index contributed by atoms with van der Waals surface area (Å²) in [5.41, 5.74) is 1.85. The van der Waals surface area contributed by atoms with Gasteiger partial charge in [-0.05, 0) is 36.5 Å². The number of fused-ring (bicyclic) bond motifs is 4. The first kappa shape index (κ1) is 20.0. The first-order chi connectivity index (χ1) is 15.0. The summed E-state index contributed by atoms with van der Waals surface area (Å²) in [5, 5.41) is 9.72. The van der Waals surface area contributed by atoms with Crippen molar-refractivity contribution < 1.29 is 14.7 Å². The minimum Gasteiger partial charge on any atom is -0.391 e. The molecule has 0 radical (unpaired) electrons. The summed E-state index contributed by atoms with van der Waals surface area (Å²) in [6, 6.07) is 13.3. The molecule has 2 fully saturated rings. The number of rotatable bonds is 3. The van der Waals surface area contributed by atoms with Gasteiger partial charge in [0.1, 0.15) is 5.56 Å². The normalized spacial score (nSPS) is 24.7. The standard InChI is InChI=1S/C24H27N3O4/c28-19-8-9-25(15-19)23(30)20-6-7-21-18-10-17(13-27(21)24(20)31)12-26(14-18)22(29)11-16-4-2-1-3-5-16/h1-7,17-19,28H,8-15H2/t17-,18+,19+/m0/s1. The van der Waals surface area contributed by atoms with Crippen molar-refractivity contribution in [2.24, 2.45) is 5.92 Å². The molecule has 31 heavy (non-hydrogen) atoms. The summed E-state index contributed by atoms with van der Waals surface area (Å²) in [6.45, 7) is 2.54. The van der Waals surface area contributed by atoms with Crippen molar-refractivity contribution in [3.05, 3.63) is 69.6 Å². The molecule has 2 amide bonds. The van der Waals surface area contributed by atoms with Gasteiger partial charge in [-0.15, -0.1) is 0 Å². The molecule has 3 aliphatic heterocycles. The van der Waals surface area contributed by atoms with Crippen molar-refractivity contribution in [1.29, 1.82) is 0 Å². The molecular formula is C24H27N3O4. The number of pyridine rings is 1. The number of piperidine rings is 1. The number of β-amino-alcohol motifs (C(OH)–C–C–N with tert-alkyl or cyclic N) is 1. The second-order valence-corrected chi connectivity index (χ2v) is 9.04. The van der Waals surface area contributed by atoms with Gasteiger partial charge in [0.05, 0.1) is 12.5 Å². The van der Waals surface area contributed by atoms with E-state index in [-0.39, 0.29) is 41.3 Å². The Labute approximate surface area is 180 Å². The van der Waals surface area contributed by atoms with Crippen molar-refractivity contribution in [3.8, 4) is 0 Å². The predicted molar refractivity (Wildman–Crippen MR) is 115 cm³/mol. The van der Waals surface area contributed by atoms with E-state index in [0.29, 0.717) is 39.0 Å². The number of carbonyl (C=O) groups is 2. The molecule has 5 rings (SSSR count). The Balaban J connectivity index is 1.35. The monoisotopic (exact) mass is 421 g/mol. The second-order valence-electron chi connectivity index (χ2n) is 9.04. The molecule has 0 spiro atoms. The van der Waals surface area contributed by atoms with Crippen LogP contribution in [0.1, 0.15) is 40.4 Å². The summed E-state index contributed by atoms with van der Waals surface area (Å²) >= 11 is 0. The number of amides is 2. The van der Waals surface area contributed by atoms with Gasteiger partial charge in [0.15, 0.2) is 0 Å². The Morgan fingerprint density at radius 3 is 2.52 bits per heavy atom. The van der Waals surface area contributed by atoms with Gasteiger partial charge in [0.2, 0.25) is 5.91 Å². The Morgan fingerprint density at radius 2 is 1.77 bits per heavy atom. The molecule has 4 heterocycles. The molecule has 0 aliphatic carbocycles. The number of hydrogen-bond donors (Lipinski definition) is 1. The molecule has 1 aromatic carbocycles. The largest absolute Gasteiger partial charge is 0.391 e. The van der Waals surface area contributed by atoms with Gasteiger partial charge in [-0.2, -0.15) is 0 Å². The maximum atomic E-state index is 13.2. The fourth-order valence-electron chi connectivity index (χ4n) is 5.29. The lowest BCUT2D eigenvalue weighted by molar-refractivity contribution is -0.133. The molecule has 0 saturated carbocycles. The number of likely N-dealkylation sites (tertiary alicyclic amines) is 2. The summed E-state index contributed by atoms with van der Waals surface area (Å²) in [5.74, 6) is 0.142. The van der Waals surface area contributed by atoms with E-state index in [1.54, 1.807) is 15.5 Å². The van der Waals surface area contributed by atoms with Crippen LogP contribution in [0.25, 0.3) is 0 Å². The smallest absolute Gasteiger partial charge is 0.263 e. The van der Waals surface area contributed by atoms with Crippen LogP contribution in [0.15, 0.2) is 47.3 Å². The van der Waals surface area contributed by atoms with Crippen molar-refractivity contribution in [2.45, 2.75) is 37.8 Å². The van der Waals surface area contributed by atoms with Gasteiger partial charge >= 0.3 is 0 Å². The average Bonchev–Trinajstić information content (AvgIpc) is 3.21. The molecule has 3 aliphatic rings. The third-order valence-electron chi connectivity index (χ3n) is 6.84. The van der Waals surface area contributed by atoms with Crippen molar-refractivity contribution in [2.75, 3.05) is 26.2 Å². The number of carbonyl (C=O) groups excluding carboxylic acids is 2. The van der Waals surface area contributed by atoms with E-state index in [9.17, 15) is 19.5 Å². The lowest BCUT2D eigenvalue weighted by atomic mass is 9.82. The van der Waals surface area contributed by atoms with Crippen LogP contribution in [0.2, 0.25) is 0 Å². The van der Waals surface area contributed by atoms with Gasteiger partial charge in [-0.25, -0.2) is 0 Å². The molecule has 162 valence electrons. The number of benzene rings is 1. The molecule has 7 nitrogen and oxygen atoms in total. The highest BCUT2D eigenvalue weighted by Gasteiger charge is 2.37. The Morgan fingerprint density at radius 1 is 0.968 bits per heavy atom.